The molecular weight excluding hydrogens is 176 g/mol. The topological polar surface area (TPSA) is 35.5 Å². The number of nitrogens with zero attached hydrogens (tertiary/aromatic N) is 1. The summed E-state index contributed by atoms with van der Waals surface area (Å²) in [4.78, 5) is 2.54. The summed E-state index contributed by atoms with van der Waals surface area (Å²) in [5.74, 6) is 0. The van der Waals surface area contributed by atoms with E-state index in [1.54, 1.807) is 0 Å². The van der Waals surface area contributed by atoms with Crippen LogP contribution in [0.3, 0.4) is 0 Å². The largest absolute Gasteiger partial charge is 0.394 e. The Kier molecular flexibility index (Phi) is 3.42. The first-order valence-electron chi connectivity index (χ1n) is 5.94. The molecule has 0 bridgehead atoms. The zero-order valence-electron chi connectivity index (χ0n) is 8.97. The van der Waals surface area contributed by atoms with Crippen molar-refractivity contribution in [3.8, 4) is 0 Å². The summed E-state index contributed by atoms with van der Waals surface area (Å²) in [7, 11) is 0. The van der Waals surface area contributed by atoms with E-state index < -0.39 is 0 Å². The number of piperidine rings is 2. The predicted molar refractivity (Wildman–Crippen MR) is 57.3 cm³/mol. The number of aliphatic hydroxyl groups is 1. The van der Waals surface area contributed by atoms with Crippen molar-refractivity contribution < 1.29 is 5.11 Å². The second-order valence-electron chi connectivity index (χ2n) is 4.68. The molecule has 2 aliphatic heterocycles. The molecule has 2 fully saturated rings. The van der Waals surface area contributed by atoms with Gasteiger partial charge in [0.25, 0.3) is 0 Å². The summed E-state index contributed by atoms with van der Waals surface area (Å²) in [6, 6.07) is 0. The van der Waals surface area contributed by atoms with Crippen LogP contribution in [0.15, 0.2) is 0 Å². The Morgan fingerprint density at radius 1 is 1.07 bits per heavy atom. The Balaban J connectivity index is 2.01. The molecule has 3 heteroatoms. The van der Waals surface area contributed by atoms with Gasteiger partial charge in [-0.05, 0) is 51.9 Å². The van der Waals surface area contributed by atoms with Crippen LogP contribution in [0, 0.1) is 0 Å². The van der Waals surface area contributed by atoms with E-state index in [0.29, 0.717) is 6.61 Å². The lowest BCUT2D eigenvalue weighted by molar-refractivity contribution is -0.00575. The van der Waals surface area contributed by atoms with Crippen molar-refractivity contribution in [3.05, 3.63) is 0 Å². The number of nitrogens with one attached hydrogen (secondary N) is 1. The second-order valence-corrected chi connectivity index (χ2v) is 4.68. The van der Waals surface area contributed by atoms with Gasteiger partial charge >= 0.3 is 0 Å². The fourth-order valence-corrected chi connectivity index (χ4v) is 2.83. The van der Waals surface area contributed by atoms with Gasteiger partial charge in [0.2, 0.25) is 0 Å². The van der Waals surface area contributed by atoms with Crippen molar-refractivity contribution >= 4 is 0 Å². The van der Waals surface area contributed by atoms with Crippen LogP contribution in [0.5, 0.6) is 0 Å². The van der Waals surface area contributed by atoms with Crippen molar-refractivity contribution in [2.75, 3.05) is 32.8 Å². The summed E-state index contributed by atoms with van der Waals surface area (Å²) in [5, 5.41) is 13.0. The van der Waals surface area contributed by atoms with Crippen molar-refractivity contribution in [2.45, 2.75) is 37.6 Å². The monoisotopic (exact) mass is 198 g/mol. The Labute approximate surface area is 86.5 Å². The Bertz CT molecular complexity index is 172. The first kappa shape index (κ1) is 10.4. The third-order valence-corrected chi connectivity index (χ3v) is 3.86. The molecule has 3 nitrogen and oxygen atoms in total. The normalized spacial score (nSPS) is 28.9. The maximum Gasteiger partial charge on any atom is 0.0616 e. The minimum absolute atomic E-state index is 0.117. The zero-order valence-corrected chi connectivity index (χ0v) is 8.97. The number of hydrogen-bond donors (Lipinski definition) is 2. The fraction of sp³-hybridized carbons (Fsp3) is 1.00. The standard InChI is InChI=1S/C11H22N2O/c14-10-11(4-6-12-7-5-11)13-8-2-1-3-9-13/h12,14H,1-10H2. The smallest absolute Gasteiger partial charge is 0.0616 e. The van der Waals surface area contributed by atoms with E-state index in [1.807, 2.05) is 0 Å². The zero-order chi connectivity index (χ0) is 9.86. The summed E-state index contributed by atoms with van der Waals surface area (Å²) >= 11 is 0. The molecule has 82 valence electrons. The molecule has 2 rings (SSSR count). The van der Waals surface area contributed by atoms with Crippen molar-refractivity contribution in [3.63, 3.8) is 0 Å². The third kappa shape index (κ3) is 1.95. The van der Waals surface area contributed by atoms with Gasteiger partial charge in [0.15, 0.2) is 0 Å². The molecule has 2 saturated heterocycles. The van der Waals surface area contributed by atoms with Gasteiger partial charge < -0.3 is 10.4 Å². The molecular formula is C11H22N2O. The van der Waals surface area contributed by atoms with Gasteiger partial charge in [-0.15, -0.1) is 0 Å². The predicted octanol–water partition coefficient (Wildman–Crippen LogP) is 0.587. The van der Waals surface area contributed by atoms with E-state index in [9.17, 15) is 5.11 Å². The van der Waals surface area contributed by atoms with Gasteiger partial charge in [0.1, 0.15) is 0 Å². The molecule has 0 aromatic heterocycles. The molecule has 0 atom stereocenters. The van der Waals surface area contributed by atoms with E-state index in [2.05, 4.69) is 10.2 Å². The maximum absolute atomic E-state index is 9.62. The molecule has 0 amide bonds. The van der Waals surface area contributed by atoms with Crippen molar-refractivity contribution in [1.29, 1.82) is 0 Å². The molecule has 0 radical (unpaired) electrons. The third-order valence-electron chi connectivity index (χ3n) is 3.86. The Morgan fingerprint density at radius 2 is 1.71 bits per heavy atom. The van der Waals surface area contributed by atoms with Crippen LogP contribution in [-0.4, -0.2) is 48.3 Å². The SMILES string of the molecule is OCC1(N2CCCCC2)CCNCC1. The highest BCUT2D eigenvalue weighted by Crippen LogP contribution is 2.28. The van der Waals surface area contributed by atoms with Crippen LogP contribution < -0.4 is 5.32 Å². The van der Waals surface area contributed by atoms with Gasteiger partial charge in [0.05, 0.1) is 6.61 Å². The average Bonchev–Trinajstić information content (AvgIpc) is 2.31. The Hall–Kier alpha value is -0.120. The van der Waals surface area contributed by atoms with E-state index in [1.165, 1.54) is 32.4 Å². The highest BCUT2D eigenvalue weighted by Gasteiger charge is 2.37. The first-order valence-corrected chi connectivity index (χ1v) is 5.94. The van der Waals surface area contributed by atoms with E-state index in [0.717, 1.165) is 25.9 Å². The lowest BCUT2D eigenvalue weighted by Gasteiger charge is -2.47. The van der Waals surface area contributed by atoms with Crippen LogP contribution in [-0.2, 0) is 0 Å². The van der Waals surface area contributed by atoms with Crippen LogP contribution in [0.1, 0.15) is 32.1 Å². The van der Waals surface area contributed by atoms with Gasteiger partial charge in [-0.25, -0.2) is 0 Å². The van der Waals surface area contributed by atoms with Gasteiger partial charge in [-0.1, -0.05) is 6.42 Å². The average molecular weight is 198 g/mol. The fourth-order valence-electron chi connectivity index (χ4n) is 2.83. The number of rotatable bonds is 2. The van der Waals surface area contributed by atoms with Crippen LogP contribution in [0.2, 0.25) is 0 Å². The van der Waals surface area contributed by atoms with Crippen LogP contribution >= 0.6 is 0 Å². The van der Waals surface area contributed by atoms with Gasteiger partial charge in [-0.3, -0.25) is 4.90 Å². The van der Waals surface area contributed by atoms with E-state index in [4.69, 9.17) is 0 Å². The van der Waals surface area contributed by atoms with Crippen LogP contribution in [0.4, 0.5) is 0 Å². The number of hydrogen-bond acceptors (Lipinski definition) is 3. The minimum Gasteiger partial charge on any atom is -0.394 e. The summed E-state index contributed by atoms with van der Waals surface area (Å²) in [6.45, 7) is 4.86. The lowest BCUT2D eigenvalue weighted by atomic mass is 9.85. The molecule has 2 N–H and O–H groups in total. The molecule has 0 spiro atoms. The van der Waals surface area contributed by atoms with Crippen molar-refractivity contribution in [2.24, 2.45) is 0 Å². The number of likely N-dealkylation sites (tertiary alicyclic amines) is 1. The molecule has 0 unspecified atom stereocenters. The first-order chi connectivity index (χ1) is 6.87. The molecule has 2 aliphatic rings. The highest BCUT2D eigenvalue weighted by atomic mass is 16.3. The van der Waals surface area contributed by atoms with Gasteiger partial charge in [0, 0.05) is 5.54 Å². The number of aliphatic hydroxyl groups excluding tert-OH is 1. The minimum atomic E-state index is 0.117. The van der Waals surface area contributed by atoms with Crippen LogP contribution in [0.25, 0.3) is 0 Å². The molecule has 0 saturated carbocycles. The molecule has 2 heterocycles. The quantitative estimate of drug-likeness (QED) is 0.681. The van der Waals surface area contributed by atoms with E-state index >= 15 is 0 Å². The van der Waals surface area contributed by atoms with Crippen molar-refractivity contribution in [1.82, 2.24) is 10.2 Å². The molecule has 14 heavy (non-hydrogen) atoms. The maximum atomic E-state index is 9.62. The summed E-state index contributed by atoms with van der Waals surface area (Å²) in [5.41, 5.74) is 0.117. The van der Waals surface area contributed by atoms with E-state index in [-0.39, 0.29) is 5.54 Å². The highest BCUT2D eigenvalue weighted by molar-refractivity contribution is 4.95. The molecule has 0 aliphatic carbocycles. The second kappa shape index (κ2) is 4.60. The molecule has 0 aromatic carbocycles. The Morgan fingerprint density at radius 3 is 2.29 bits per heavy atom. The van der Waals surface area contributed by atoms with Gasteiger partial charge in [-0.2, -0.15) is 0 Å². The summed E-state index contributed by atoms with van der Waals surface area (Å²) < 4.78 is 0. The summed E-state index contributed by atoms with van der Waals surface area (Å²) in [6.07, 6.45) is 6.23. The molecule has 0 aromatic rings. The lowest BCUT2D eigenvalue weighted by Crippen LogP contribution is -2.58.